The van der Waals surface area contributed by atoms with Crippen LogP contribution in [0.15, 0.2) is 0 Å². The minimum atomic E-state index is -0.465. The molecule has 2 saturated heterocycles. The van der Waals surface area contributed by atoms with Crippen LogP contribution in [0.3, 0.4) is 0 Å². The predicted octanol–water partition coefficient (Wildman–Crippen LogP) is 1.95. The normalized spacial score (nSPS) is 31.3. The molecule has 2 rings (SSSR count). The van der Waals surface area contributed by atoms with Crippen molar-refractivity contribution in [2.24, 2.45) is 5.92 Å². The fraction of sp³-hybridized carbons (Fsp3) is 1.00. The largest absolute Gasteiger partial charge is 0.389 e. The van der Waals surface area contributed by atoms with Gasteiger partial charge < -0.3 is 14.9 Å². The molecule has 3 heteroatoms. The topological polar surface area (TPSA) is 26.7 Å². The summed E-state index contributed by atoms with van der Waals surface area (Å²) in [5.74, 6) is 0.829. The lowest BCUT2D eigenvalue weighted by molar-refractivity contribution is -0.0329. The van der Waals surface area contributed by atoms with Crippen LogP contribution in [0.1, 0.15) is 46.0 Å². The first kappa shape index (κ1) is 14.3. The highest BCUT2D eigenvalue weighted by atomic mass is 16.3. The van der Waals surface area contributed by atoms with Crippen LogP contribution in [-0.2, 0) is 0 Å². The summed E-state index contributed by atoms with van der Waals surface area (Å²) in [7, 11) is 2.28. The van der Waals surface area contributed by atoms with Crippen molar-refractivity contribution in [1.29, 1.82) is 0 Å². The molecule has 2 aliphatic heterocycles. The van der Waals surface area contributed by atoms with Gasteiger partial charge in [-0.3, -0.25) is 0 Å². The minimum absolute atomic E-state index is 0.465. The van der Waals surface area contributed by atoms with Crippen molar-refractivity contribution < 1.29 is 5.11 Å². The molecule has 0 aliphatic carbocycles. The van der Waals surface area contributed by atoms with E-state index in [0.717, 1.165) is 37.9 Å². The van der Waals surface area contributed by atoms with Crippen molar-refractivity contribution in [3.05, 3.63) is 0 Å². The Bertz CT molecular complexity index is 265. The van der Waals surface area contributed by atoms with Gasteiger partial charge in [-0.2, -0.15) is 0 Å². The zero-order chi connectivity index (χ0) is 13.2. The Morgan fingerprint density at radius 2 is 1.89 bits per heavy atom. The monoisotopic (exact) mass is 254 g/mol. The Hall–Kier alpha value is -0.120. The Labute approximate surface area is 112 Å². The van der Waals surface area contributed by atoms with E-state index in [0.29, 0.717) is 0 Å². The van der Waals surface area contributed by atoms with E-state index in [2.05, 4.69) is 30.7 Å². The van der Waals surface area contributed by atoms with Crippen molar-refractivity contribution in [3.8, 4) is 0 Å². The summed E-state index contributed by atoms with van der Waals surface area (Å²) in [6.45, 7) is 8.70. The van der Waals surface area contributed by atoms with Gasteiger partial charge in [0.1, 0.15) is 0 Å². The molecule has 106 valence electrons. The van der Waals surface area contributed by atoms with Gasteiger partial charge in [0.25, 0.3) is 0 Å². The predicted molar refractivity (Wildman–Crippen MR) is 75.7 cm³/mol. The molecule has 2 atom stereocenters. The second-order valence-electron chi connectivity index (χ2n) is 6.41. The van der Waals surface area contributed by atoms with E-state index in [4.69, 9.17) is 0 Å². The number of nitrogens with zero attached hydrogens (tertiary/aromatic N) is 2. The molecule has 0 aromatic carbocycles. The van der Waals surface area contributed by atoms with Crippen molar-refractivity contribution >= 4 is 0 Å². The first-order chi connectivity index (χ1) is 8.58. The standard InChI is InChI=1S/C15H30N2O/c1-4-15(18,5-2)12-17-10-8-14-13(11-17)7-6-9-16(14)3/h13-14,18H,4-12H2,1-3H3. The zero-order valence-electron chi connectivity index (χ0n) is 12.4. The molecule has 1 N–H and O–H groups in total. The van der Waals surface area contributed by atoms with E-state index in [9.17, 15) is 5.11 Å². The summed E-state index contributed by atoms with van der Waals surface area (Å²) in [4.78, 5) is 5.06. The molecule has 2 fully saturated rings. The molecule has 0 aromatic rings. The molecule has 2 aliphatic rings. The molecule has 0 saturated carbocycles. The second kappa shape index (κ2) is 5.89. The summed E-state index contributed by atoms with van der Waals surface area (Å²) in [5.41, 5.74) is -0.465. The third kappa shape index (κ3) is 3.06. The van der Waals surface area contributed by atoms with E-state index >= 15 is 0 Å². The Kier molecular flexibility index (Phi) is 4.68. The highest BCUT2D eigenvalue weighted by Crippen LogP contribution is 2.30. The van der Waals surface area contributed by atoms with Crippen LogP contribution < -0.4 is 0 Å². The molecule has 2 heterocycles. The lowest BCUT2D eigenvalue weighted by Crippen LogP contribution is -2.55. The first-order valence-electron chi connectivity index (χ1n) is 7.73. The van der Waals surface area contributed by atoms with Crippen LogP contribution in [0.2, 0.25) is 0 Å². The Morgan fingerprint density at radius 1 is 1.17 bits per heavy atom. The maximum atomic E-state index is 10.5. The molecule has 18 heavy (non-hydrogen) atoms. The summed E-state index contributed by atoms with van der Waals surface area (Å²) >= 11 is 0. The number of piperidine rings is 2. The van der Waals surface area contributed by atoms with Crippen LogP contribution in [0.4, 0.5) is 0 Å². The van der Waals surface area contributed by atoms with Gasteiger partial charge in [0.15, 0.2) is 0 Å². The van der Waals surface area contributed by atoms with Gasteiger partial charge in [-0.25, -0.2) is 0 Å². The van der Waals surface area contributed by atoms with Gasteiger partial charge in [0.2, 0.25) is 0 Å². The van der Waals surface area contributed by atoms with E-state index in [1.807, 2.05) is 0 Å². The number of likely N-dealkylation sites (tertiary alicyclic amines) is 2. The molecule has 0 bridgehead atoms. The maximum absolute atomic E-state index is 10.5. The third-order valence-corrected chi connectivity index (χ3v) is 5.26. The number of hydrogen-bond donors (Lipinski definition) is 1. The lowest BCUT2D eigenvalue weighted by Gasteiger charge is -2.47. The molecule has 0 spiro atoms. The summed E-state index contributed by atoms with van der Waals surface area (Å²) in [6, 6.07) is 0.798. The lowest BCUT2D eigenvalue weighted by atomic mass is 9.83. The van der Waals surface area contributed by atoms with Gasteiger partial charge in [0.05, 0.1) is 5.60 Å². The number of fused-ring (bicyclic) bond motifs is 1. The van der Waals surface area contributed by atoms with Gasteiger partial charge in [-0.15, -0.1) is 0 Å². The summed E-state index contributed by atoms with van der Waals surface area (Å²) in [6.07, 6.45) is 5.74. The maximum Gasteiger partial charge on any atom is 0.0768 e. The van der Waals surface area contributed by atoms with Crippen molar-refractivity contribution in [2.75, 3.05) is 33.2 Å². The fourth-order valence-electron chi connectivity index (χ4n) is 3.76. The van der Waals surface area contributed by atoms with Crippen LogP contribution in [0.5, 0.6) is 0 Å². The number of rotatable bonds is 4. The highest BCUT2D eigenvalue weighted by Gasteiger charge is 2.36. The van der Waals surface area contributed by atoms with E-state index in [1.165, 1.54) is 32.4 Å². The fourth-order valence-corrected chi connectivity index (χ4v) is 3.76. The Balaban J connectivity index is 1.90. The molecule has 0 radical (unpaired) electrons. The molecule has 0 amide bonds. The average Bonchev–Trinajstić information content (AvgIpc) is 2.39. The molecule has 0 aromatic heterocycles. The van der Waals surface area contributed by atoms with Crippen molar-refractivity contribution in [3.63, 3.8) is 0 Å². The zero-order valence-corrected chi connectivity index (χ0v) is 12.4. The summed E-state index contributed by atoms with van der Waals surface area (Å²) in [5, 5.41) is 10.5. The van der Waals surface area contributed by atoms with E-state index < -0.39 is 5.60 Å². The minimum Gasteiger partial charge on any atom is -0.389 e. The van der Waals surface area contributed by atoms with Gasteiger partial charge in [0, 0.05) is 19.1 Å². The molecule has 2 unspecified atom stereocenters. The van der Waals surface area contributed by atoms with E-state index in [1.54, 1.807) is 0 Å². The summed E-state index contributed by atoms with van der Waals surface area (Å²) < 4.78 is 0. The van der Waals surface area contributed by atoms with E-state index in [-0.39, 0.29) is 0 Å². The van der Waals surface area contributed by atoms with Crippen LogP contribution in [0, 0.1) is 5.92 Å². The number of aliphatic hydroxyl groups is 1. The molecular formula is C15H30N2O. The number of β-amino-alcohol motifs (C(OH)–C–C–N with tert-alkyl or cyclic N) is 1. The van der Waals surface area contributed by atoms with Crippen LogP contribution in [0.25, 0.3) is 0 Å². The Morgan fingerprint density at radius 3 is 2.56 bits per heavy atom. The highest BCUT2D eigenvalue weighted by molar-refractivity contribution is 4.91. The number of hydrogen-bond acceptors (Lipinski definition) is 3. The third-order valence-electron chi connectivity index (χ3n) is 5.26. The molecular weight excluding hydrogens is 224 g/mol. The average molecular weight is 254 g/mol. The smallest absolute Gasteiger partial charge is 0.0768 e. The van der Waals surface area contributed by atoms with Gasteiger partial charge in [-0.05, 0) is 58.2 Å². The van der Waals surface area contributed by atoms with Crippen LogP contribution in [-0.4, -0.2) is 59.8 Å². The van der Waals surface area contributed by atoms with Crippen LogP contribution >= 0.6 is 0 Å². The SMILES string of the molecule is CCC(O)(CC)CN1CCC2C(CCCN2C)C1. The van der Waals surface area contributed by atoms with Gasteiger partial charge >= 0.3 is 0 Å². The van der Waals surface area contributed by atoms with Crippen molar-refractivity contribution in [2.45, 2.75) is 57.6 Å². The first-order valence-corrected chi connectivity index (χ1v) is 7.73. The second-order valence-corrected chi connectivity index (χ2v) is 6.41. The van der Waals surface area contributed by atoms with Gasteiger partial charge in [-0.1, -0.05) is 13.8 Å². The quantitative estimate of drug-likeness (QED) is 0.831. The van der Waals surface area contributed by atoms with Crippen molar-refractivity contribution in [1.82, 2.24) is 9.80 Å². The molecule has 3 nitrogen and oxygen atoms in total.